The highest BCUT2D eigenvalue weighted by Crippen LogP contribution is 2.25. The number of hydrogen-bond acceptors (Lipinski definition) is 3. The van der Waals surface area contributed by atoms with Crippen molar-refractivity contribution in [3.63, 3.8) is 0 Å². The van der Waals surface area contributed by atoms with Gasteiger partial charge in [0.05, 0.1) is 6.04 Å². The quantitative estimate of drug-likeness (QED) is 0.719. The van der Waals surface area contributed by atoms with Gasteiger partial charge in [0.15, 0.2) is 11.6 Å². The van der Waals surface area contributed by atoms with E-state index in [0.717, 1.165) is 12.1 Å². The van der Waals surface area contributed by atoms with E-state index < -0.39 is 11.6 Å². The lowest BCUT2D eigenvalue weighted by Crippen LogP contribution is -2.11. The molecule has 17 heavy (non-hydrogen) atoms. The first-order valence-corrected chi connectivity index (χ1v) is 5.08. The monoisotopic (exact) mass is 238 g/mol. The first-order valence-electron chi connectivity index (χ1n) is 5.08. The first kappa shape index (κ1) is 11.4. The second kappa shape index (κ2) is 4.40. The van der Waals surface area contributed by atoms with Crippen molar-refractivity contribution in [2.24, 2.45) is 0 Å². The van der Waals surface area contributed by atoms with E-state index in [1.807, 2.05) is 0 Å². The third kappa shape index (κ3) is 2.35. The molecule has 0 fully saturated rings. The zero-order chi connectivity index (χ0) is 12.4. The van der Waals surface area contributed by atoms with Gasteiger partial charge in [-0.3, -0.25) is 0 Å². The van der Waals surface area contributed by atoms with Crippen molar-refractivity contribution < 1.29 is 8.78 Å². The molecule has 0 saturated carbocycles. The summed E-state index contributed by atoms with van der Waals surface area (Å²) in [5.74, 6) is -0.845. The summed E-state index contributed by atoms with van der Waals surface area (Å²) in [7, 11) is 0. The smallest absolute Gasteiger partial charge is 0.151 e. The molecule has 0 bridgehead atoms. The van der Waals surface area contributed by atoms with E-state index in [-0.39, 0.29) is 17.4 Å². The van der Waals surface area contributed by atoms with Crippen LogP contribution >= 0.6 is 0 Å². The Labute approximate surface area is 96.9 Å². The highest BCUT2D eigenvalue weighted by Gasteiger charge is 2.14. The number of imidazole rings is 1. The molecule has 1 heterocycles. The van der Waals surface area contributed by atoms with Crippen LogP contribution in [0.4, 0.5) is 20.2 Å². The van der Waals surface area contributed by atoms with Gasteiger partial charge in [-0.1, -0.05) is 0 Å². The van der Waals surface area contributed by atoms with E-state index >= 15 is 0 Å². The number of halogens is 2. The number of benzene rings is 1. The number of aromatic amines is 1. The molecule has 0 amide bonds. The number of rotatable bonds is 3. The maximum absolute atomic E-state index is 13.5. The summed E-state index contributed by atoms with van der Waals surface area (Å²) >= 11 is 0. The van der Waals surface area contributed by atoms with Gasteiger partial charge in [0.2, 0.25) is 0 Å². The number of nitrogens with one attached hydrogen (secondary N) is 2. The molecule has 0 radical (unpaired) electrons. The van der Waals surface area contributed by atoms with Gasteiger partial charge in [0.1, 0.15) is 11.5 Å². The Bertz CT molecular complexity index is 487. The van der Waals surface area contributed by atoms with Gasteiger partial charge in [0, 0.05) is 18.1 Å². The number of nitrogens with zero attached hydrogens (tertiary/aromatic N) is 1. The fourth-order valence-electron chi connectivity index (χ4n) is 1.53. The molecule has 1 aromatic heterocycles. The van der Waals surface area contributed by atoms with Crippen molar-refractivity contribution in [1.29, 1.82) is 0 Å². The number of nitrogen functional groups attached to an aromatic ring is 1. The third-order valence-corrected chi connectivity index (χ3v) is 2.35. The molecule has 1 aromatic carbocycles. The summed E-state index contributed by atoms with van der Waals surface area (Å²) in [4.78, 5) is 6.87. The summed E-state index contributed by atoms with van der Waals surface area (Å²) in [6, 6.07) is 1.80. The highest BCUT2D eigenvalue weighted by molar-refractivity contribution is 5.54. The minimum atomic E-state index is -0.721. The van der Waals surface area contributed by atoms with E-state index in [9.17, 15) is 8.78 Å². The normalized spacial score (nSPS) is 12.4. The molecule has 1 unspecified atom stereocenters. The Morgan fingerprint density at radius 2 is 2.00 bits per heavy atom. The van der Waals surface area contributed by atoms with E-state index in [4.69, 9.17) is 5.73 Å². The van der Waals surface area contributed by atoms with Crippen molar-refractivity contribution in [1.82, 2.24) is 9.97 Å². The first-order chi connectivity index (χ1) is 8.08. The van der Waals surface area contributed by atoms with Crippen molar-refractivity contribution in [2.75, 3.05) is 11.1 Å². The Kier molecular flexibility index (Phi) is 2.95. The second-order valence-electron chi connectivity index (χ2n) is 3.70. The molecule has 4 N–H and O–H groups in total. The summed E-state index contributed by atoms with van der Waals surface area (Å²) < 4.78 is 27.0. The van der Waals surface area contributed by atoms with Gasteiger partial charge >= 0.3 is 0 Å². The van der Waals surface area contributed by atoms with Crippen LogP contribution in [-0.2, 0) is 0 Å². The molecular weight excluding hydrogens is 226 g/mol. The number of H-pyrrole nitrogens is 1. The minimum Gasteiger partial charge on any atom is -0.399 e. The van der Waals surface area contributed by atoms with Crippen LogP contribution in [0.5, 0.6) is 0 Å². The molecule has 0 aliphatic carbocycles. The predicted octanol–water partition coefficient (Wildman–Crippen LogP) is 2.44. The Hall–Kier alpha value is -2.11. The Balaban J connectivity index is 2.25. The van der Waals surface area contributed by atoms with Crippen LogP contribution < -0.4 is 11.1 Å². The molecule has 0 aliphatic heterocycles. The fraction of sp³-hybridized carbons (Fsp3) is 0.182. The lowest BCUT2D eigenvalue weighted by Gasteiger charge is -2.14. The van der Waals surface area contributed by atoms with Crippen LogP contribution in [0.15, 0.2) is 24.5 Å². The summed E-state index contributed by atoms with van der Waals surface area (Å²) in [5.41, 5.74) is 5.17. The molecule has 0 aliphatic rings. The standard InChI is InChI=1S/C11H12F2N4/c1-6(11-15-2-3-16-11)17-10-8(12)4-7(14)5-9(10)13/h2-6,17H,14H2,1H3,(H,15,16). The van der Waals surface area contributed by atoms with Crippen LogP contribution in [0.1, 0.15) is 18.8 Å². The van der Waals surface area contributed by atoms with E-state index in [1.54, 1.807) is 19.3 Å². The molecule has 0 saturated heterocycles. The predicted molar refractivity (Wildman–Crippen MR) is 61.4 cm³/mol. The van der Waals surface area contributed by atoms with E-state index in [2.05, 4.69) is 15.3 Å². The average Bonchev–Trinajstić information content (AvgIpc) is 2.76. The second-order valence-corrected chi connectivity index (χ2v) is 3.70. The maximum atomic E-state index is 13.5. The minimum absolute atomic E-state index is 0.0520. The van der Waals surface area contributed by atoms with Gasteiger partial charge in [-0.2, -0.15) is 0 Å². The number of anilines is 2. The highest BCUT2D eigenvalue weighted by atomic mass is 19.1. The number of hydrogen-bond donors (Lipinski definition) is 3. The Morgan fingerprint density at radius 1 is 1.35 bits per heavy atom. The molecule has 1 atom stereocenters. The third-order valence-electron chi connectivity index (χ3n) is 2.35. The summed E-state index contributed by atoms with van der Waals surface area (Å²) in [5, 5.41) is 2.71. The molecule has 0 spiro atoms. The van der Waals surface area contributed by atoms with Gasteiger partial charge in [-0.25, -0.2) is 13.8 Å². The largest absolute Gasteiger partial charge is 0.399 e. The summed E-state index contributed by atoms with van der Waals surface area (Å²) in [6.07, 6.45) is 3.21. The van der Waals surface area contributed by atoms with Crippen molar-refractivity contribution >= 4 is 11.4 Å². The van der Waals surface area contributed by atoms with Crippen LogP contribution in [0, 0.1) is 11.6 Å². The lowest BCUT2D eigenvalue weighted by molar-refractivity contribution is 0.584. The van der Waals surface area contributed by atoms with Crippen LogP contribution in [0.25, 0.3) is 0 Å². The topological polar surface area (TPSA) is 66.7 Å². The van der Waals surface area contributed by atoms with Crippen molar-refractivity contribution in [3.8, 4) is 0 Å². The number of aromatic nitrogens is 2. The van der Waals surface area contributed by atoms with E-state index in [0.29, 0.717) is 5.82 Å². The van der Waals surface area contributed by atoms with E-state index in [1.165, 1.54) is 0 Å². The van der Waals surface area contributed by atoms with Crippen LogP contribution in [0.3, 0.4) is 0 Å². The van der Waals surface area contributed by atoms with Crippen LogP contribution in [-0.4, -0.2) is 9.97 Å². The zero-order valence-corrected chi connectivity index (χ0v) is 9.17. The van der Waals surface area contributed by atoms with Gasteiger partial charge in [-0.15, -0.1) is 0 Å². The van der Waals surface area contributed by atoms with Gasteiger partial charge in [0.25, 0.3) is 0 Å². The van der Waals surface area contributed by atoms with Crippen LogP contribution in [0.2, 0.25) is 0 Å². The van der Waals surface area contributed by atoms with Crippen molar-refractivity contribution in [3.05, 3.63) is 42.0 Å². The average molecular weight is 238 g/mol. The fourth-order valence-corrected chi connectivity index (χ4v) is 1.53. The Morgan fingerprint density at radius 3 is 2.53 bits per heavy atom. The maximum Gasteiger partial charge on any atom is 0.151 e. The zero-order valence-electron chi connectivity index (χ0n) is 9.17. The van der Waals surface area contributed by atoms with Gasteiger partial charge < -0.3 is 16.0 Å². The molecule has 4 nitrogen and oxygen atoms in total. The molecule has 6 heteroatoms. The SMILES string of the molecule is CC(Nc1c(F)cc(N)cc1F)c1ncc[nH]1. The molecule has 2 aromatic rings. The number of nitrogens with two attached hydrogens (primary N) is 1. The molecule has 90 valence electrons. The molecule has 2 rings (SSSR count). The summed E-state index contributed by atoms with van der Waals surface area (Å²) in [6.45, 7) is 1.74. The molecular formula is C11H12F2N4. The van der Waals surface area contributed by atoms with Crippen molar-refractivity contribution in [2.45, 2.75) is 13.0 Å². The lowest BCUT2D eigenvalue weighted by atomic mass is 10.2. The van der Waals surface area contributed by atoms with Gasteiger partial charge in [-0.05, 0) is 19.1 Å².